The molecule has 1 heterocycles. The van der Waals surface area contributed by atoms with Gasteiger partial charge in [-0.15, -0.1) is 0 Å². The Kier molecular flexibility index (Phi) is 5.44. The van der Waals surface area contributed by atoms with E-state index in [2.05, 4.69) is 5.10 Å². The molecule has 0 aliphatic rings. The highest BCUT2D eigenvalue weighted by molar-refractivity contribution is 6.31. The van der Waals surface area contributed by atoms with Crippen LogP contribution >= 0.6 is 11.6 Å². The molecule has 0 unspecified atom stereocenters. The number of ether oxygens (including phenoxy) is 1. The van der Waals surface area contributed by atoms with Crippen LogP contribution in [0.2, 0.25) is 5.15 Å². The maximum atomic E-state index is 13.7. The number of nitrogens with zero attached hydrogens (tertiary/aromatic N) is 2. The molecule has 0 bridgehead atoms. The predicted molar refractivity (Wildman–Crippen MR) is 78.4 cm³/mol. The molecule has 0 aliphatic heterocycles. The molecular formula is C15H13ClF2N2O3. The summed E-state index contributed by atoms with van der Waals surface area (Å²) in [5.74, 6) is -2.75. The van der Waals surface area contributed by atoms with Crippen LogP contribution in [0.3, 0.4) is 0 Å². The lowest BCUT2D eigenvalue weighted by Crippen LogP contribution is -2.10. The number of carbonyl (C=O) groups is 2. The monoisotopic (exact) mass is 342 g/mol. The highest BCUT2D eigenvalue weighted by atomic mass is 35.5. The van der Waals surface area contributed by atoms with Gasteiger partial charge in [0.2, 0.25) is 0 Å². The van der Waals surface area contributed by atoms with Gasteiger partial charge in [-0.2, -0.15) is 5.10 Å². The summed E-state index contributed by atoms with van der Waals surface area (Å²) < 4.78 is 33.0. The van der Waals surface area contributed by atoms with Gasteiger partial charge >= 0.3 is 5.97 Å². The SMILES string of the molecule is CCOC(=O)c1nn(Cc2cccc(F)c2F)c(Cl)c1CC=O. The molecule has 0 spiro atoms. The van der Waals surface area contributed by atoms with Crippen LogP contribution in [0.25, 0.3) is 0 Å². The quantitative estimate of drug-likeness (QED) is 0.598. The summed E-state index contributed by atoms with van der Waals surface area (Å²) in [5.41, 5.74) is 0.0974. The summed E-state index contributed by atoms with van der Waals surface area (Å²) in [6.45, 7) is 1.56. The van der Waals surface area contributed by atoms with Gasteiger partial charge in [-0.3, -0.25) is 0 Å². The molecule has 122 valence electrons. The summed E-state index contributed by atoms with van der Waals surface area (Å²) in [6.07, 6.45) is 0.428. The molecule has 8 heteroatoms. The summed E-state index contributed by atoms with van der Waals surface area (Å²) in [6, 6.07) is 3.72. The number of esters is 1. The summed E-state index contributed by atoms with van der Waals surface area (Å²) in [4.78, 5) is 22.6. The van der Waals surface area contributed by atoms with E-state index in [1.807, 2.05) is 0 Å². The topological polar surface area (TPSA) is 61.2 Å². The molecule has 0 radical (unpaired) electrons. The van der Waals surface area contributed by atoms with E-state index < -0.39 is 17.6 Å². The molecule has 0 saturated carbocycles. The fraction of sp³-hybridized carbons (Fsp3) is 0.267. The van der Waals surface area contributed by atoms with Crippen LogP contribution in [-0.2, 0) is 22.5 Å². The van der Waals surface area contributed by atoms with Crippen molar-refractivity contribution in [2.45, 2.75) is 19.9 Å². The third kappa shape index (κ3) is 3.56. The number of aromatic nitrogens is 2. The highest BCUT2D eigenvalue weighted by Gasteiger charge is 2.23. The van der Waals surface area contributed by atoms with Gasteiger partial charge in [0, 0.05) is 17.5 Å². The minimum Gasteiger partial charge on any atom is -0.461 e. The molecule has 0 aliphatic carbocycles. The van der Waals surface area contributed by atoms with Crippen LogP contribution in [0.15, 0.2) is 18.2 Å². The molecule has 23 heavy (non-hydrogen) atoms. The van der Waals surface area contributed by atoms with Crippen LogP contribution in [0.1, 0.15) is 28.5 Å². The molecule has 0 N–H and O–H groups in total. The lowest BCUT2D eigenvalue weighted by molar-refractivity contribution is -0.107. The molecule has 0 atom stereocenters. The summed E-state index contributed by atoms with van der Waals surface area (Å²) in [5, 5.41) is 3.98. The smallest absolute Gasteiger partial charge is 0.359 e. The molecule has 0 saturated heterocycles. The predicted octanol–water partition coefficient (Wildman–Crippen LogP) is 2.78. The zero-order valence-corrected chi connectivity index (χ0v) is 12.9. The third-order valence-corrected chi connectivity index (χ3v) is 3.51. The fourth-order valence-corrected chi connectivity index (χ4v) is 2.31. The molecule has 0 amide bonds. The first kappa shape index (κ1) is 17.1. The normalized spacial score (nSPS) is 10.6. The average Bonchev–Trinajstić information content (AvgIpc) is 2.82. The number of rotatable bonds is 6. The molecule has 1 aromatic carbocycles. The van der Waals surface area contributed by atoms with Crippen LogP contribution in [0, 0.1) is 11.6 Å². The number of benzene rings is 1. The maximum absolute atomic E-state index is 13.7. The summed E-state index contributed by atoms with van der Waals surface area (Å²) >= 11 is 6.11. The van der Waals surface area contributed by atoms with Crippen molar-refractivity contribution >= 4 is 23.9 Å². The van der Waals surface area contributed by atoms with Crippen molar-refractivity contribution < 1.29 is 23.1 Å². The fourth-order valence-electron chi connectivity index (χ4n) is 2.04. The highest BCUT2D eigenvalue weighted by Crippen LogP contribution is 2.23. The second-order valence-corrected chi connectivity index (χ2v) is 4.94. The first-order valence-corrected chi connectivity index (χ1v) is 7.16. The van der Waals surface area contributed by atoms with Gasteiger partial charge < -0.3 is 9.53 Å². The van der Waals surface area contributed by atoms with Crippen molar-refractivity contribution in [2.75, 3.05) is 6.61 Å². The van der Waals surface area contributed by atoms with E-state index in [-0.39, 0.29) is 41.5 Å². The number of hydrogen-bond donors (Lipinski definition) is 0. The molecule has 2 rings (SSSR count). The lowest BCUT2D eigenvalue weighted by Gasteiger charge is -2.05. The number of aldehydes is 1. The number of hydrogen-bond acceptors (Lipinski definition) is 4. The second-order valence-electron chi connectivity index (χ2n) is 4.58. The lowest BCUT2D eigenvalue weighted by atomic mass is 10.2. The van der Waals surface area contributed by atoms with E-state index in [9.17, 15) is 18.4 Å². The van der Waals surface area contributed by atoms with Gasteiger partial charge in [0.1, 0.15) is 11.4 Å². The minimum atomic E-state index is -1.02. The van der Waals surface area contributed by atoms with Gasteiger partial charge in [0.05, 0.1) is 13.2 Å². The van der Waals surface area contributed by atoms with Crippen LogP contribution < -0.4 is 0 Å². The van der Waals surface area contributed by atoms with E-state index in [0.29, 0.717) is 6.29 Å². The third-order valence-electron chi connectivity index (χ3n) is 3.09. The van der Waals surface area contributed by atoms with Crippen molar-refractivity contribution in [3.05, 3.63) is 51.8 Å². The Morgan fingerprint density at radius 3 is 2.83 bits per heavy atom. The first-order valence-electron chi connectivity index (χ1n) is 6.78. The Hall–Kier alpha value is -2.28. The van der Waals surface area contributed by atoms with E-state index in [0.717, 1.165) is 10.7 Å². The standard InChI is InChI=1S/C15H13ClF2N2O3/c1-2-23-15(22)13-10(6-7-21)14(16)20(19-13)8-9-4-3-5-11(17)12(9)18/h3-5,7H,2,6,8H2,1H3. The maximum Gasteiger partial charge on any atom is 0.359 e. The Labute approximate surface area is 135 Å². The second kappa shape index (κ2) is 7.32. The minimum absolute atomic E-state index is 0.00353. The van der Waals surface area contributed by atoms with Crippen LogP contribution in [0.4, 0.5) is 8.78 Å². The zero-order valence-electron chi connectivity index (χ0n) is 12.2. The average molecular weight is 343 g/mol. The Morgan fingerprint density at radius 1 is 1.43 bits per heavy atom. The van der Waals surface area contributed by atoms with Crippen LogP contribution in [0.5, 0.6) is 0 Å². The largest absolute Gasteiger partial charge is 0.461 e. The Balaban J connectivity index is 2.43. The van der Waals surface area contributed by atoms with E-state index in [4.69, 9.17) is 16.3 Å². The van der Waals surface area contributed by atoms with Crippen molar-refractivity contribution in [2.24, 2.45) is 0 Å². The Morgan fingerprint density at radius 2 is 2.17 bits per heavy atom. The molecule has 0 fully saturated rings. The molecule has 5 nitrogen and oxygen atoms in total. The Bertz CT molecular complexity index is 747. The number of carbonyl (C=O) groups excluding carboxylic acids is 2. The molecular weight excluding hydrogens is 330 g/mol. The van der Waals surface area contributed by atoms with Gasteiger partial charge in [-0.05, 0) is 13.0 Å². The molecule has 1 aromatic heterocycles. The van der Waals surface area contributed by atoms with E-state index in [1.54, 1.807) is 6.92 Å². The number of halogens is 3. The van der Waals surface area contributed by atoms with Gasteiger partial charge in [-0.1, -0.05) is 23.7 Å². The van der Waals surface area contributed by atoms with E-state index >= 15 is 0 Å². The van der Waals surface area contributed by atoms with Crippen molar-refractivity contribution in [1.82, 2.24) is 9.78 Å². The first-order chi connectivity index (χ1) is 11.0. The van der Waals surface area contributed by atoms with Crippen molar-refractivity contribution in [1.29, 1.82) is 0 Å². The van der Waals surface area contributed by atoms with Gasteiger partial charge in [0.15, 0.2) is 17.3 Å². The van der Waals surface area contributed by atoms with Gasteiger partial charge in [-0.25, -0.2) is 18.3 Å². The van der Waals surface area contributed by atoms with E-state index in [1.165, 1.54) is 12.1 Å². The van der Waals surface area contributed by atoms with Crippen LogP contribution in [-0.4, -0.2) is 28.6 Å². The van der Waals surface area contributed by atoms with Crippen molar-refractivity contribution in [3.63, 3.8) is 0 Å². The van der Waals surface area contributed by atoms with Gasteiger partial charge in [0.25, 0.3) is 0 Å². The zero-order chi connectivity index (χ0) is 17.0. The molecule has 2 aromatic rings. The van der Waals surface area contributed by atoms with Crippen molar-refractivity contribution in [3.8, 4) is 0 Å². The summed E-state index contributed by atoms with van der Waals surface area (Å²) in [7, 11) is 0.